The number of rotatable bonds is 4. The summed E-state index contributed by atoms with van der Waals surface area (Å²) in [7, 11) is 0. The Bertz CT molecular complexity index is 573. The second-order valence-electron chi connectivity index (χ2n) is 4.60. The van der Waals surface area contributed by atoms with Gasteiger partial charge < -0.3 is 4.74 Å². The molecule has 1 unspecified atom stereocenters. The van der Waals surface area contributed by atoms with Crippen molar-refractivity contribution < 1.29 is 9.53 Å². The first-order valence-corrected chi connectivity index (χ1v) is 7.03. The zero-order valence-electron chi connectivity index (χ0n) is 11.6. The molecule has 0 aliphatic heterocycles. The number of ether oxygens (including phenoxy) is 1. The summed E-state index contributed by atoms with van der Waals surface area (Å²) in [6, 6.07) is 16.0. The smallest absolute Gasteiger partial charge is 0.328 e. The topological polar surface area (TPSA) is 26.3 Å². The lowest BCUT2D eigenvalue weighted by molar-refractivity contribution is -0.142. The van der Waals surface area contributed by atoms with Crippen molar-refractivity contribution in [2.45, 2.75) is 19.2 Å². The van der Waals surface area contributed by atoms with Crippen LogP contribution in [0.1, 0.15) is 23.4 Å². The molecule has 104 valence electrons. The van der Waals surface area contributed by atoms with Crippen molar-refractivity contribution in [1.82, 2.24) is 0 Å². The number of carbonyl (C=O) groups is 1. The SMILES string of the molecule is CCOC(=O)C(Cl)c1ccc(-c2ccc(C)cc2)cc1. The van der Waals surface area contributed by atoms with Gasteiger partial charge >= 0.3 is 5.97 Å². The lowest BCUT2D eigenvalue weighted by Gasteiger charge is -2.10. The zero-order chi connectivity index (χ0) is 14.5. The van der Waals surface area contributed by atoms with Crippen molar-refractivity contribution in [2.24, 2.45) is 0 Å². The lowest BCUT2D eigenvalue weighted by atomic mass is 10.0. The Kier molecular flexibility index (Phi) is 4.80. The summed E-state index contributed by atoms with van der Waals surface area (Å²) < 4.78 is 4.92. The molecule has 2 rings (SSSR count). The normalized spacial score (nSPS) is 11.9. The van der Waals surface area contributed by atoms with Gasteiger partial charge in [-0.05, 0) is 30.5 Å². The van der Waals surface area contributed by atoms with E-state index in [4.69, 9.17) is 16.3 Å². The van der Waals surface area contributed by atoms with Crippen LogP contribution in [0, 0.1) is 6.92 Å². The van der Waals surface area contributed by atoms with Crippen molar-refractivity contribution >= 4 is 17.6 Å². The molecule has 2 aromatic rings. The quantitative estimate of drug-likeness (QED) is 0.611. The Labute approximate surface area is 124 Å². The summed E-state index contributed by atoms with van der Waals surface area (Å²) in [5, 5.41) is -0.748. The van der Waals surface area contributed by atoms with Crippen molar-refractivity contribution in [3.05, 3.63) is 59.7 Å². The summed E-state index contributed by atoms with van der Waals surface area (Å²) in [6.45, 7) is 4.16. The molecule has 0 spiro atoms. The van der Waals surface area contributed by atoms with E-state index in [-0.39, 0.29) is 0 Å². The summed E-state index contributed by atoms with van der Waals surface area (Å²) in [4.78, 5) is 11.6. The summed E-state index contributed by atoms with van der Waals surface area (Å²) in [6.07, 6.45) is 0. The van der Waals surface area contributed by atoms with Crippen LogP contribution in [0.2, 0.25) is 0 Å². The van der Waals surface area contributed by atoms with Crippen LogP contribution in [-0.4, -0.2) is 12.6 Å². The van der Waals surface area contributed by atoms with Crippen LogP contribution >= 0.6 is 11.6 Å². The molecule has 0 saturated heterocycles. The predicted octanol–water partition coefficient (Wildman–Crippen LogP) is 4.51. The summed E-state index contributed by atoms with van der Waals surface area (Å²) >= 11 is 6.08. The third-order valence-electron chi connectivity index (χ3n) is 3.08. The highest BCUT2D eigenvalue weighted by Gasteiger charge is 2.18. The third-order valence-corrected chi connectivity index (χ3v) is 3.51. The van der Waals surface area contributed by atoms with E-state index in [0.29, 0.717) is 6.61 Å². The van der Waals surface area contributed by atoms with E-state index in [1.807, 2.05) is 24.3 Å². The second kappa shape index (κ2) is 6.58. The molecule has 0 aliphatic rings. The van der Waals surface area contributed by atoms with E-state index >= 15 is 0 Å². The van der Waals surface area contributed by atoms with Crippen molar-refractivity contribution in [3.8, 4) is 11.1 Å². The molecule has 20 heavy (non-hydrogen) atoms. The molecule has 0 aromatic heterocycles. The van der Waals surface area contributed by atoms with E-state index in [9.17, 15) is 4.79 Å². The summed E-state index contributed by atoms with van der Waals surface area (Å²) in [5.41, 5.74) is 4.22. The Morgan fingerprint density at radius 3 is 2.05 bits per heavy atom. The molecular weight excluding hydrogens is 272 g/mol. The Morgan fingerprint density at radius 2 is 1.55 bits per heavy atom. The second-order valence-corrected chi connectivity index (χ2v) is 5.04. The van der Waals surface area contributed by atoms with E-state index in [2.05, 4.69) is 31.2 Å². The molecule has 0 N–H and O–H groups in total. The average Bonchev–Trinajstić information content (AvgIpc) is 2.48. The van der Waals surface area contributed by atoms with Gasteiger partial charge in [0.1, 0.15) is 0 Å². The molecular formula is C17H17ClO2. The molecule has 2 aromatic carbocycles. The van der Waals surface area contributed by atoms with Gasteiger partial charge in [0, 0.05) is 0 Å². The largest absolute Gasteiger partial charge is 0.465 e. The minimum absolute atomic E-state index is 0.337. The molecule has 0 fully saturated rings. The maximum absolute atomic E-state index is 11.6. The average molecular weight is 289 g/mol. The lowest BCUT2D eigenvalue weighted by Crippen LogP contribution is -2.10. The number of halogens is 1. The van der Waals surface area contributed by atoms with E-state index in [1.165, 1.54) is 5.56 Å². The highest BCUT2D eigenvalue weighted by molar-refractivity contribution is 6.29. The number of aryl methyl sites for hydroxylation is 1. The van der Waals surface area contributed by atoms with Crippen LogP contribution < -0.4 is 0 Å². The number of hydrogen-bond acceptors (Lipinski definition) is 2. The molecule has 1 atom stereocenters. The van der Waals surface area contributed by atoms with Gasteiger partial charge in [0.25, 0.3) is 0 Å². The fraction of sp³-hybridized carbons (Fsp3) is 0.235. The Morgan fingerprint density at radius 1 is 1.05 bits per heavy atom. The molecule has 0 amide bonds. The van der Waals surface area contributed by atoms with Gasteiger partial charge in [0.15, 0.2) is 5.38 Å². The molecule has 0 bridgehead atoms. The maximum Gasteiger partial charge on any atom is 0.328 e. The highest BCUT2D eigenvalue weighted by Crippen LogP contribution is 2.26. The summed E-state index contributed by atoms with van der Waals surface area (Å²) in [5.74, 6) is -0.405. The minimum atomic E-state index is -0.748. The van der Waals surface area contributed by atoms with Crippen LogP contribution in [0.4, 0.5) is 0 Å². The number of hydrogen-bond donors (Lipinski definition) is 0. The molecule has 0 saturated carbocycles. The number of benzene rings is 2. The number of esters is 1. The van der Waals surface area contributed by atoms with Gasteiger partial charge in [-0.3, -0.25) is 4.79 Å². The van der Waals surface area contributed by atoms with Crippen LogP contribution in [0.5, 0.6) is 0 Å². The van der Waals surface area contributed by atoms with Gasteiger partial charge in [-0.25, -0.2) is 0 Å². The van der Waals surface area contributed by atoms with Crippen LogP contribution in [0.25, 0.3) is 11.1 Å². The Hall–Kier alpha value is -1.80. The monoisotopic (exact) mass is 288 g/mol. The van der Waals surface area contributed by atoms with Crippen LogP contribution in [-0.2, 0) is 9.53 Å². The van der Waals surface area contributed by atoms with Crippen molar-refractivity contribution in [1.29, 1.82) is 0 Å². The van der Waals surface area contributed by atoms with Crippen molar-refractivity contribution in [3.63, 3.8) is 0 Å². The first kappa shape index (κ1) is 14.6. The number of carbonyl (C=O) groups excluding carboxylic acids is 1. The first-order chi connectivity index (χ1) is 9.61. The van der Waals surface area contributed by atoms with Crippen LogP contribution in [0.3, 0.4) is 0 Å². The fourth-order valence-electron chi connectivity index (χ4n) is 1.94. The van der Waals surface area contributed by atoms with Gasteiger partial charge in [-0.2, -0.15) is 0 Å². The standard InChI is InChI=1S/C17H17ClO2/c1-3-20-17(19)16(18)15-10-8-14(9-11-15)13-6-4-12(2)5-7-13/h4-11,16H,3H2,1-2H3. The predicted molar refractivity (Wildman–Crippen MR) is 81.8 cm³/mol. The van der Waals surface area contributed by atoms with Gasteiger partial charge in [-0.15, -0.1) is 11.6 Å². The molecule has 3 heteroatoms. The zero-order valence-corrected chi connectivity index (χ0v) is 12.4. The molecule has 0 aliphatic carbocycles. The van der Waals surface area contributed by atoms with Gasteiger partial charge in [-0.1, -0.05) is 54.1 Å². The fourth-order valence-corrected chi connectivity index (χ4v) is 2.15. The molecule has 2 nitrogen and oxygen atoms in total. The van der Waals surface area contributed by atoms with E-state index in [1.54, 1.807) is 6.92 Å². The maximum atomic E-state index is 11.6. The van der Waals surface area contributed by atoms with Crippen molar-refractivity contribution in [2.75, 3.05) is 6.61 Å². The minimum Gasteiger partial charge on any atom is -0.465 e. The third kappa shape index (κ3) is 3.40. The number of alkyl halides is 1. The highest BCUT2D eigenvalue weighted by atomic mass is 35.5. The Balaban J connectivity index is 2.17. The van der Waals surface area contributed by atoms with Gasteiger partial charge in [0.2, 0.25) is 0 Å². The van der Waals surface area contributed by atoms with Crippen LogP contribution in [0.15, 0.2) is 48.5 Å². The van der Waals surface area contributed by atoms with E-state index < -0.39 is 11.3 Å². The first-order valence-electron chi connectivity index (χ1n) is 6.59. The molecule has 0 heterocycles. The van der Waals surface area contributed by atoms with Gasteiger partial charge in [0.05, 0.1) is 6.61 Å². The van der Waals surface area contributed by atoms with E-state index in [0.717, 1.165) is 16.7 Å². The molecule has 0 radical (unpaired) electrons.